The third-order valence-corrected chi connectivity index (χ3v) is 4.29. The van der Waals surface area contributed by atoms with Crippen LogP contribution in [0.5, 0.6) is 0 Å². The Morgan fingerprint density at radius 1 is 1.19 bits per heavy atom. The van der Waals surface area contributed by atoms with Crippen LogP contribution in [0.15, 0.2) is 0 Å². The van der Waals surface area contributed by atoms with Gasteiger partial charge in [0.05, 0.1) is 0 Å². The Morgan fingerprint density at radius 3 is 2.38 bits per heavy atom. The minimum atomic E-state index is -0.430. The van der Waals surface area contributed by atoms with Crippen LogP contribution in [0.3, 0.4) is 0 Å². The molecular weight excluding hydrogens is 264 g/mol. The van der Waals surface area contributed by atoms with Gasteiger partial charge in [0.1, 0.15) is 5.60 Å². The van der Waals surface area contributed by atoms with Crippen molar-refractivity contribution in [1.82, 2.24) is 10.6 Å². The highest BCUT2D eigenvalue weighted by atomic mass is 16.6. The topological polar surface area (TPSA) is 50.4 Å². The van der Waals surface area contributed by atoms with E-state index in [0.717, 1.165) is 0 Å². The average molecular weight is 298 g/mol. The maximum atomic E-state index is 11.8. The van der Waals surface area contributed by atoms with Crippen LogP contribution >= 0.6 is 0 Å². The molecule has 1 saturated carbocycles. The zero-order chi connectivity index (χ0) is 16.0. The minimum absolute atomic E-state index is 0.302. The second-order valence-electron chi connectivity index (χ2n) is 7.73. The van der Waals surface area contributed by atoms with Crippen LogP contribution in [0.25, 0.3) is 0 Å². The standard InChI is InChI=1S/C17H34N2O2/c1-12(2)13(3)19-15-10-8-7-9-14(15)11-18-16(20)21-17(4,5)6/h12-15,19H,7-11H2,1-6H3,(H,18,20). The highest BCUT2D eigenvalue weighted by Crippen LogP contribution is 2.25. The van der Waals surface area contributed by atoms with E-state index in [2.05, 4.69) is 31.4 Å². The molecule has 0 aromatic carbocycles. The van der Waals surface area contributed by atoms with Crippen LogP contribution in [0.1, 0.15) is 67.2 Å². The fraction of sp³-hybridized carbons (Fsp3) is 0.941. The SMILES string of the molecule is CC(C)C(C)NC1CCCCC1CNC(=O)OC(C)(C)C. The first-order valence-electron chi connectivity index (χ1n) is 8.42. The maximum Gasteiger partial charge on any atom is 0.407 e. The maximum absolute atomic E-state index is 11.8. The van der Waals surface area contributed by atoms with Gasteiger partial charge in [0, 0.05) is 18.6 Å². The molecule has 2 N–H and O–H groups in total. The monoisotopic (exact) mass is 298 g/mol. The second-order valence-corrected chi connectivity index (χ2v) is 7.73. The van der Waals surface area contributed by atoms with E-state index in [9.17, 15) is 4.79 Å². The summed E-state index contributed by atoms with van der Waals surface area (Å²) < 4.78 is 5.31. The van der Waals surface area contributed by atoms with Crippen molar-refractivity contribution in [1.29, 1.82) is 0 Å². The van der Waals surface area contributed by atoms with Gasteiger partial charge < -0.3 is 15.4 Å². The molecule has 0 bridgehead atoms. The van der Waals surface area contributed by atoms with Gasteiger partial charge in [0.25, 0.3) is 0 Å². The first-order chi connectivity index (χ1) is 9.69. The molecule has 0 heterocycles. The zero-order valence-electron chi connectivity index (χ0n) is 14.7. The van der Waals surface area contributed by atoms with Crippen LogP contribution in [-0.4, -0.2) is 30.3 Å². The lowest BCUT2D eigenvalue weighted by atomic mass is 9.83. The lowest BCUT2D eigenvalue weighted by molar-refractivity contribution is 0.0509. The first-order valence-corrected chi connectivity index (χ1v) is 8.42. The Balaban J connectivity index is 2.44. The number of hydrogen-bond acceptors (Lipinski definition) is 3. The van der Waals surface area contributed by atoms with E-state index in [0.29, 0.717) is 30.5 Å². The van der Waals surface area contributed by atoms with Crippen LogP contribution in [0, 0.1) is 11.8 Å². The number of carbonyl (C=O) groups excluding carboxylic acids is 1. The van der Waals surface area contributed by atoms with Crippen molar-refractivity contribution in [2.45, 2.75) is 84.9 Å². The molecule has 1 amide bonds. The molecule has 0 aromatic heterocycles. The fourth-order valence-corrected chi connectivity index (χ4v) is 2.73. The van der Waals surface area contributed by atoms with E-state index in [1.807, 2.05) is 20.8 Å². The van der Waals surface area contributed by atoms with E-state index in [1.165, 1.54) is 25.7 Å². The molecule has 0 radical (unpaired) electrons. The van der Waals surface area contributed by atoms with E-state index >= 15 is 0 Å². The zero-order valence-corrected chi connectivity index (χ0v) is 14.7. The van der Waals surface area contributed by atoms with Crippen LogP contribution in [-0.2, 0) is 4.74 Å². The Morgan fingerprint density at radius 2 is 1.81 bits per heavy atom. The van der Waals surface area contributed by atoms with E-state index in [4.69, 9.17) is 4.74 Å². The third kappa shape index (κ3) is 7.16. The van der Waals surface area contributed by atoms with Crippen LogP contribution in [0.4, 0.5) is 4.79 Å². The Hall–Kier alpha value is -0.770. The largest absolute Gasteiger partial charge is 0.444 e. The Labute approximate surface area is 130 Å². The molecule has 4 nitrogen and oxygen atoms in total. The third-order valence-electron chi connectivity index (χ3n) is 4.29. The quantitative estimate of drug-likeness (QED) is 0.813. The van der Waals surface area contributed by atoms with E-state index < -0.39 is 5.60 Å². The molecule has 21 heavy (non-hydrogen) atoms. The fourth-order valence-electron chi connectivity index (χ4n) is 2.73. The van der Waals surface area contributed by atoms with E-state index in [-0.39, 0.29) is 6.09 Å². The minimum Gasteiger partial charge on any atom is -0.444 e. The van der Waals surface area contributed by atoms with Gasteiger partial charge in [-0.25, -0.2) is 4.79 Å². The van der Waals surface area contributed by atoms with Gasteiger partial charge in [0.2, 0.25) is 0 Å². The molecule has 1 aliphatic carbocycles. The normalized spacial score (nSPS) is 24.7. The predicted molar refractivity (Wildman–Crippen MR) is 87.4 cm³/mol. The summed E-state index contributed by atoms with van der Waals surface area (Å²) in [4.78, 5) is 11.8. The summed E-state index contributed by atoms with van der Waals surface area (Å²) >= 11 is 0. The van der Waals surface area contributed by atoms with Gasteiger partial charge in [0.15, 0.2) is 0 Å². The van der Waals surface area contributed by atoms with Gasteiger partial charge in [-0.15, -0.1) is 0 Å². The van der Waals surface area contributed by atoms with Crippen LogP contribution < -0.4 is 10.6 Å². The molecule has 0 aromatic rings. The van der Waals surface area contributed by atoms with Crippen molar-refractivity contribution in [3.8, 4) is 0 Å². The highest BCUT2D eigenvalue weighted by Gasteiger charge is 2.27. The molecule has 0 saturated heterocycles. The molecule has 3 atom stereocenters. The Bertz CT molecular complexity index is 323. The molecule has 1 fully saturated rings. The summed E-state index contributed by atoms with van der Waals surface area (Å²) in [6, 6.07) is 1.02. The number of alkyl carbamates (subject to hydrolysis) is 1. The number of nitrogens with one attached hydrogen (secondary N) is 2. The number of amides is 1. The molecule has 124 valence electrons. The summed E-state index contributed by atoms with van der Waals surface area (Å²) in [6.07, 6.45) is 4.62. The lowest BCUT2D eigenvalue weighted by Crippen LogP contribution is -2.48. The van der Waals surface area contributed by atoms with Gasteiger partial charge in [-0.2, -0.15) is 0 Å². The summed E-state index contributed by atoms with van der Waals surface area (Å²) in [5, 5.41) is 6.69. The van der Waals surface area contributed by atoms with Gasteiger partial charge >= 0.3 is 6.09 Å². The Kier molecular flexibility index (Phi) is 6.98. The van der Waals surface area contributed by atoms with Gasteiger partial charge in [-0.3, -0.25) is 0 Å². The molecule has 1 rings (SSSR count). The molecule has 0 spiro atoms. The van der Waals surface area contributed by atoms with Crippen molar-refractivity contribution >= 4 is 6.09 Å². The molecular formula is C17H34N2O2. The first kappa shape index (κ1) is 18.3. The molecule has 1 aliphatic rings. The van der Waals surface area contributed by atoms with Gasteiger partial charge in [-0.1, -0.05) is 26.7 Å². The van der Waals surface area contributed by atoms with Crippen LogP contribution in [0.2, 0.25) is 0 Å². The summed E-state index contributed by atoms with van der Waals surface area (Å²) in [6.45, 7) is 13.1. The van der Waals surface area contributed by atoms with Crippen molar-refractivity contribution in [3.05, 3.63) is 0 Å². The number of ether oxygens (including phenoxy) is 1. The predicted octanol–water partition coefficient (Wildman–Crippen LogP) is 3.70. The molecule has 3 unspecified atom stereocenters. The highest BCUT2D eigenvalue weighted by molar-refractivity contribution is 5.67. The summed E-state index contributed by atoms with van der Waals surface area (Å²) in [7, 11) is 0. The number of carbonyl (C=O) groups is 1. The lowest BCUT2D eigenvalue weighted by Gasteiger charge is -2.35. The second kappa shape index (κ2) is 8.02. The van der Waals surface area contributed by atoms with Crippen molar-refractivity contribution in [3.63, 3.8) is 0 Å². The van der Waals surface area contributed by atoms with Crippen molar-refractivity contribution in [2.75, 3.05) is 6.54 Å². The summed E-state index contributed by atoms with van der Waals surface area (Å²) in [5.41, 5.74) is -0.430. The van der Waals surface area contributed by atoms with E-state index in [1.54, 1.807) is 0 Å². The smallest absolute Gasteiger partial charge is 0.407 e. The molecule has 0 aliphatic heterocycles. The number of rotatable bonds is 5. The van der Waals surface area contributed by atoms with Crippen molar-refractivity contribution in [2.24, 2.45) is 11.8 Å². The number of hydrogen-bond donors (Lipinski definition) is 2. The van der Waals surface area contributed by atoms with Gasteiger partial charge in [-0.05, 0) is 52.4 Å². The summed E-state index contributed by atoms with van der Waals surface area (Å²) in [5.74, 6) is 1.14. The molecule has 4 heteroatoms. The average Bonchev–Trinajstić information content (AvgIpc) is 2.35. The van der Waals surface area contributed by atoms with Crippen molar-refractivity contribution < 1.29 is 9.53 Å².